The molecule has 3 amide bonds. The van der Waals surface area contributed by atoms with Gasteiger partial charge in [0.25, 0.3) is 0 Å². The number of ether oxygens (including phenoxy) is 1. The van der Waals surface area contributed by atoms with Crippen molar-refractivity contribution in [2.45, 2.75) is 31.4 Å². The minimum atomic E-state index is -1.03. The molecule has 2 fully saturated rings. The van der Waals surface area contributed by atoms with Gasteiger partial charge in [0.05, 0.1) is 13.1 Å². The highest BCUT2D eigenvalue weighted by Gasteiger charge is 2.43. The Labute approximate surface area is 123 Å². The van der Waals surface area contributed by atoms with E-state index in [1.165, 1.54) is 9.80 Å². The van der Waals surface area contributed by atoms with Gasteiger partial charge in [-0.25, -0.2) is 9.59 Å². The van der Waals surface area contributed by atoms with Crippen LogP contribution in [0.25, 0.3) is 0 Å². The number of carbonyl (C=O) groups is 3. The van der Waals surface area contributed by atoms with Crippen LogP contribution in [-0.2, 0) is 14.3 Å². The van der Waals surface area contributed by atoms with E-state index in [1.807, 2.05) is 0 Å². The molecular weight excluding hydrogens is 278 g/mol. The maximum Gasteiger partial charge on any atom is 0.329 e. The molecule has 0 radical (unpaired) electrons. The highest BCUT2D eigenvalue weighted by molar-refractivity contribution is 5.84. The first kappa shape index (κ1) is 15.6. The number of carboxylic acids is 1. The van der Waals surface area contributed by atoms with Crippen LogP contribution in [0.1, 0.15) is 19.8 Å². The highest BCUT2D eigenvalue weighted by atomic mass is 16.5. The first-order valence-corrected chi connectivity index (χ1v) is 6.94. The predicted molar refractivity (Wildman–Crippen MR) is 72.8 cm³/mol. The van der Waals surface area contributed by atoms with E-state index in [0.717, 1.165) is 12.8 Å². The lowest BCUT2D eigenvalue weighted by Crippen LogP contribution is -2.65. The Balaban J connectivity index is 1.71. The van der Waals surface area contributed by atoms with Gasteiger partial charge in [0.1, 0.15) is 18.8 Å². The molecular formula is C13H21N3O5. The summed E-state index contributed by atoms with van der Waals surface area (Å²) in [6.45, 7) is 2.07. The molecule has 8 heteroatoms. The van der Waals surface area contributed by atoms with Crippen molar-refractivity contribution >= 4 is 17.9 Å². The van der Waals surface area contributed by atoms with Gasteiger partial charge in [-0.15, -0.1) is 0 Å². The van der Waals surface area contributed by atoms with Crippen molar-refractivity contribution in [3.8, 4) is 0 Å². The largest absolute Gasteiger partial charge is 0.480 e. The Morgan fingerprint density at radius 1 is 1.38 bits per heavy atom. The van der Waals surface area contributed by atoms with Gasteiger partial charge in [0, 0.05) is 13.1 Å². The average Bonchev–Trinajstić information content (AvgIpc) is 3.15. The van der Waals surface area contributed by atoms with Crippen molar-refractivity contribution in [3.05, 3.63) is 0 Å². The first-order chi connectivity index (χ1) is 9.79. The Morgan fingerprint density at radius 2 is 2.00 bits per heavy atom. The molecule has 0 aromatic carbocycles. The Kier molecular flexibility index (Phi) is 4.36. The number of likely N-dealkylation sites (N-methyl/N-ethyl adjacent to an activating group) is 1. The maximum absolute atomic E-state index is 12.1. The lowest BCUT2D eigenvalue weighted by molar-refractivity contribution is -0.160. The average molecular weight is 299 g/mol. The number of rotatable bonds is 6. The standard InChI is InChI=1S/C13H21N3O5/c1-13(21-6-11(18)19)7-16(8-13)12(20)15(2)5-10(17)14-9-3-4-9/h9H,3-8H2,1-2H3,(H,14,17)(H,18,19). The van der Waals surface area contributed by atoms with Crippen molar-refractivity contribution in [3.63, 3.8) is 0 Å². The number of likely N-dealkylation sites (tertiary alicyclic amines) is 1. The number of carboxylic acid groups (broad SMARTS) is 1. The fourth-order valence-corrected chi connectivity index (χ4v) is 2.25. The van der Waals surface area contributed by atoms with E-state index in [2.05, 4.69) is 5.32 Å². The van der Waals surface area contributed by atoms with Gasteiger partial charge in [-0.2, -0.15) is 0 Å². The highest BCUT2D eigenvalue weighted by Crippen LogP contribution is 2.25. The number of hydrogen-bond acceptors (Lipinski definition) is 4. The summed E-state index contributed by atoms with van der Waals surface area (Å²) in [5.41, 5.74) is -0.620. The lowest BCUT2D eigenvalue weighted by Gasteiger charge is -2.48. The van der Waals surface area contributed by atoms with Gasteiger partial charge in [-0.05, 0) is 19.8 Å². The van der Waals surface area contributed by atoms with Crippen LogP contribution in [0.3, 0.4) is 0 Å². The predicted octanol–water partition coefficient (Wildman–Crippen LogP) is -0.508. The van der Waals surface area contributed by atoms with Crippen LogP contribution in [-0.4, -0.2) is 77.7 Å². The molecule has 0 bridgehead atoms. The zero-order valence-electron chi connectivity index (χ0n) is 12.3. The molecule has 2 rings (SSSR count). The summed E-state index contributed by atoms with van der Waals surface area (Å²) in [6.07, 6.45) is 2.02. The number of carbonyl (C=O) groups excluding carboxylic acids is 2. The third-order valence-electron chi connectivity index (χ3n) is 3.52. The number of nitrogens with one attached hydrogen (secondary N) is 1. The van der Waals surface area contributed by atoms with Crippen molar-refractivity contribution in [1.29, 1.82) is 0 Å². The maximum atomic E-state index is 12.1. The molecule has 0 aromatic rings. The SMILES string of the molecule is CN(CC(=O)NC1CC1)C(=O)N1CC(C)(OCC(=O)O)C1. The molecule has 1 saturated carbocycles. The van der Waals surface area contributed by atoms with Gasteiger partial charge < -0.3 is 25.0 Å². The van der Waals surface area contributed by atoms with Crippen LogP contribution in [0.15, 0.2) is 0 Å². The summed E-state index contributed by atoms with van der Waals surface area (Å²) in [5, 5.41) is 11.4. The van der Waals surface area contributed by atoms with Crippen LogP contribution < -0.4 is 5.32 Å². The molecule has 21 heavy (non-hydrogen) atoms. The lowest BCUT2D eigenvalue weighted by atomic mass is 9.97. The van der Waals surface area contributed by atoms with Crippen LogP contribution in [0.5, 0.6) is 0 Å². The molecule has 1 aliphatic carbocycles. The molecule has 1 heterocycles. The van der Waals surface area contributed by atoms with Gasteiger partial charge >= 0.3 is 12.0 Å². The number of amides is 3. The minimum absolute atomic E-state index is 0.0263. The minimum Gasteiger partial charge on any atom is -0.480 e. The Bertz CT molecular complexity index is 443. The molecule has 2 N–H and O–H groups in total. The number of urea groups is 1. The smallest absolute Gasteiger partial charge is 0.329 e. The van der Waals surface area contributed by atoms with Crippen LogP contribution in [0.4, 0.5) is 4.79 Å². The quantitative estimate of drug-likeness (QED) is 0.688. The van der Waals surface area contributed by atoms with E-state index in [1.54, 1.807) is 14.0 Å². The molecule has 0 unspecified atom stereocenters. The van der Waals surface area contributed by atoms with Crippen molar-refractivity contribution in [2.75, 3.05) is 33.3 Å². The van der Waals surface area contributed by atoms with E-state index in [-0.39, 0.29) is 31.1 Å². The Morgan fingerprint density at radius 3 is 2.52 bits per heavy atom. The number of aliphatic carboxylic acids is 1. The van der Waals surface area contributed by atoms with E-state index < -0.39 is 11.6 Å². The molecule has 2 aliphatic rings. The molecule has 0 aromatic heterocycles. The zero-order chi connectivity index (χ0) is 15.6. The normalized spacial score (nSPS) is 19.6. The summed E-state index contributed by atoms with van der Waals surface area (Å²) in [6, 6.07) is 0.0232. The molecule has 1 saturated heterocycles. The van der Waals surface area contributed by atoms with Crippen LogP contribution in [0.2, 0.25) is 0 Å². The summed E-state index contributed by atoms with van der Waals surface area (Å²) < 4.78 is 5.24. The van der Waals surface area contributed by atoms with Gasteiger partial charge in [-0.3, -0.25) is 4.79 Å². The van der Waals surface area contributed by atoms with Gasteiger partial charge in [-0.1, -0.05) is 0 Å². The fraction of sp³-hybridized carbons (Fsp3) is 0.769. The van der Waals surface area contributed by atoms with Gasteiger partial charge in [0.15, 0.2) is 0 Å². The van der Waals surface area contributed by atoms with Crippen molar-refractivity contribution in [2.24, 2.45) is 0 Å². The molecule has 1 aliphatic heterocycles. The van der Waals surface area contributed by atoms with E-state index >= 15 is 0 Å². The second kappa shape index (κ2) is 5.88. The zero-order valence-corrected chi connectivity index (χ0v) is 12.3. The second-order valence-corrected chi connectivity index (χ2v) is 5.97. The first-order valence-electron chi connectivity index (χ1n) is 6.94. The summed E-state index contributed by atoms with van der Waals surface area (Å²) in [5.74, 6) is -1.19. The summed E-state index contributed by atoms with van der Waals surface area (Å²) >= 11 is 0. The summed E-state index contributed by atoms with van der Waals surface area (Å²) in [7, 11) is 1.57. The van der Waals surface area contributed by atoms with Crippen molar-refractivity contribution in [1.82, 2.24) is 15.1 Å². The van der Waals surface area contributed by atoms with Crippen molar-refractivity contribution < 1.29 is 24.2 Å². The topological polar surface area (TPSA) is 99.2 Å². The molecule has 8 nitrogen and oxygen atoms in total. The number of hydrogen-bond donors (Lipinski definition) is 2. The fourth-order valence-electron chi connectivity index (χ4n) is 2.25. The van der Waals surface area contributed by atoms with E-state index in [9.17, 15) is 14.4 Å². The van der Waals surface area contributed by atoms with Gasteiger partial charge in [0.2, 0.25) is 5.91 Å². The molecule has 0 spiro atoms. The third-order valence-corrected chi connectivity index (χ3v) is 3.52. The Hall–Kier alpha value is -1.83. The van der Waals surface area contributed by atoms with Crippen LogP contribution >= 0.6 is 0 Å². The molecule has 118 valence electrons. The van der Waals surface area contributed by atoms with E-state index in [0.29, 0.717) is 13.1 Å². The second-order valence-electron chi connectivity index (χ2n) is 5.97. The summed E-state index contributed by atoms with van der Waals surface area (Å²) in [4.78, 5) is 37.1. The third kappa shape index (κ3) is 4.32. The monoisotopic (exact) mass is 299 g/mol. The van der Waals surface area contributed by atoms with E-state index in [4.69, 9.17) is 9.84 Å². The number of nitrogens with zero attached hydrogens (tertiary/aromatic N) is 2. The molecule has 0 atom stereocenters. The van der Waals surface area contributed by atoms with Crippen LogP contribution in [0, 0.1) is 0 Å².